The monoisotopic (exact) mass is 276 g/mol. The highest BCUT2D eigenvalue weighted by molar-refractivity contribution is 5.77. The van der Waals surface area contributed by atoms with Crippen LogP contribution in [-0.2, 0) is 13.1 Å². The predicted molar refractivity (Wildman–Crippen MR) is 89.3 cm³/mol. The lowest BCUT2D eigenvalue weighted by Crippen LogP contribution is -2.00. The molecule has 1 heterocycles. The van der Waals surface area contributed by atoms with Crippen LogP contribution >= 0.6 is 0 Å². The molecule has 2 nitrogen and oxygen atoms in total. The molecule has 0 aliphatic heterocycles. The van der Waals surface area contributed by atoms with Crippen molar-refractivity contribution in [3.63, 3.8) is 0 Å². The van der Waals surface area contributed by atoms with Crippen LogP contribution in [0, 0.1) is 0 Å². The highest BCUT2D eigenvalue weighted by Crippen LogP contribution is 2.27. The van der Waals surface area contributed by atoms with Crippen molar-refractivity contribution < 1.29 is 0 Å². The number of hydrogen-bond acceptors (Lipinski definition) is 1. The maximum absolute atomic E-state index is 3.55. The van der Waals surface area contributed by atoms with Crippen molar-refractivity contribution in [2.24, 2.45) is 0 Å². The zero-order valence-electron chi connectivity index (χ0n) is 12.3. The maximum Gasteiger partial charge on any atom is 0.0422 e. The smallest absolute Gasteiger partial charge is 0.0422 e. The average molecular weight is 276 g/mol. The normalized spacial score (nSPS) is 10.5. The first kappa shape index (κ1) is 13.5. The molecule has 0 atom stereocenters. The molecule has 0 amide bonds. The van der Waals surface area contributed by atoms with E-state index in [4.69, 9.17) is 0 Å². The number of aryl methyl sites for hydroxylation is 1. The molecule has 2 heteroatoms. The molecule has 0 aliphatic carbocycles. The average Bonchev–Trinajstić information content (AvgIpc) is 3.02. The van der Waals surface area contributed by atoms with Crippen LogP contribution in [0.15, 0.2) is 73.1 Å². The van der Waals surface area contributed by atoms with Gasteiger partial charge in [0, 0.05) is 36.7 Å². The summed E-state index contributed by atoms with van der Waals surface area (Å²) in [5, 5.41) is 3.55. The Kier molecular flexibility index (Phi) is 4.06. The van der Waals surface area contributed by atoms with E-state index in [0.29, 0.717) is 0 Å². The Hall–Kier alpha value is -2.48. The molecule has 0 radical (unpaired) electrons. The van der Waals surface area contributed by atoms with Gasteiger partial charge in [0.1, 0.15) is 0 Å². The Bertz CT molecular complexity index is 698. The Morgan fingerprint density at radius 2 is 1.67 bits per heavy atom. The van der Waals surface area contributed by atoms with E-state index in [9.17, 15) is 0 Å². The lowest BCUT2D eigenvalue weighted by Gasteiger charge is -2.11. The number of nitrogens with zero attached hydrogens (tertiary/aromatic N) is 1. The Labute approximate surface area is 126 Å². The van der Waals surface area contributed by atoms with Gasteiger partial charge in [-0.05, 0) is 30.2 Å². The Balaban J connectivity index is 1.79. The zero-order chi connectivity index (χ0) is 14.5. The molecular formula is C19H20N2. The largest absolute Gasteiger partial charge is 0.380 e. The summed E-state index contributed by atoms with van der Waals surface area (Å²) < 4.78 is 2.19. The minimum atomic E-state index is 0.844. The number of rotatable bonds is 5. The van der Waals surface area contributed by atoms with Crippen molar-refractivity contribution in [1.82, 2.24) is 4.57 Å². The van der Waals surface area contributed by atoms with Crippen molar-refractivity contribution in [2.75, 3.05) is 5.32 Å². The van der Waals surface area contributed by atoms with E-state index in [1.807, 2.05) is 6.07 Å². The summed E-state index contributed by atoms with van der Waals surface area (Å²) >= 11 is 0. The molecular weight excluding hydrogens is 256 g/mol. The van der Waals surface area contributed by atoms with Gasteiger partial charge in [0.2, 0.25) is 0 Å². The van der Waals surface area contributed by atoms with Crippen LogP contribution in [-0.4, -0.2) is 4.57 Å². The van der Waals surface area contributed by atoms with Crippen molar-refractivity contribution in [1.29, 1.82) is 0 Å². The lowest BCUT2D eigenvalue weighted by atomic mass is 10.0. The summed E-state index contributed by atoms with van der Waals surface area (Å²) in [5.74, 6) is 0. The van der Waals surface area contributed by atoms with Gasteiger partial charge in [-0.1, -0.05) is 48.5 Å². The second-order valence-electron chi connectivity index (χ2n) is 5.12. The summed E-state index contributed by atoms with van der Waals surface area (Å²) in [4.78, 5) is 0. The molecule has 21 heavy (non-hydrogen) atoms. The maximum atomic E-state index is 3.55. The van der Waals surface area contributed by atoms with Crippen LogP contribution in [0.2, 0.25) is 0 Å². The molecule has 106 valence electrons. The predicted octanol–water partition coefficient (Wildman–Crippen LogP) is 4.79. The van der Waals surface area contributed by atoms with E-state index in [1.54, 1.807) is 0 Å². The molecule has 0 unspecified atom stereocenters. The Morgan fingerprint density at radius 1 is 0.905 bits per heavy atom. The molecule has 3 rings (SSSR count). The van der Waals surface area contributed by atoms with E-state index in [-0.39, 0.29) is 0 Å². The van der Waals surface area contributed by atoms with E-state index < -0.39 is 0 Å². The number of benzene rings is 2. The van der Waals surface area contributed by atoms with Crippen LogP contribution in [0.1, 0.15) is 12.5 Å². The van der Waals surface area contributed by atoms with E-state index in [2.05, 4.69) is 83.8 Å². The lowest BCUT2D eigenvalue weighted by molar-refractivity contribution is 0.766. The van der Waals surface area contributed by atoms with E-state index >= 15 is 0 Å². The van der Waals surface area contributed by atoms with Gasteiger partial charge in [0.15, 0.2) is 0 Å². The number of anilines is 1. The summed E-state index contributed by atoms with van der Waals surface area (Å²) in [6.07, 6.45) is 4.32. The van der Waals surface area contributed by atoms with Gasteiger partial charge in [-0.3, -0.25) is 0 Å². The minimum absolute atomic E-state index is 0.844. The molecule has 1 N–H and O–H groups in total. The SMILES string of the molecule is CCn1ccc(CNc2ccccc2-c2ccccc2)c1. The number of nitrogens with one attached hydrogen (secondary N) is 1. The summed E-state index contributed by atoms with van der Waals surface area (Å²) in [6, 6.07) is 21.1. The quantitative estimate of drug-likeness (QED) is 0.709. The minimum Gasteiger partial charge on any atom is -0.380 e. The molecule has 2 aromatic carbocycles. The van der Waals surface area contributed by atoms with Crippen LogP contribution in [0.5, 0.6) is 0 Å². The first-order valence-electron chi connectivity index (χ1n) is 7.40. The number of para-hydroxylation sites is 1. The van der Waals surface area contributed by atoms with Gasteiger partial charge >= 0.3 is 0 Å². The second kappa shape index (κ2) is 6.31. The second-order valence-corrected chi connectivity index (χ2v) is 5.12. The van der Waals surface area contributed by atoms with E-state index in [1.165, 1.54) is 22.4 Å². The zero-order valence-corrected chi connectivity index (χ0v) is 12.3. The van der Waals surface area contributed by atoms with Gasteiger partial charge in [0.05, 0.1) is 0 Å². The summed E-state index contributed by atoms with van der Waals surface area (Å²) in [7, 11) is 0. The third kappa shape index (κ3) is 3.16. The molecule has 1 aromatic heterocycles. The third-order valence-electron chi connectivity index (χ3n) is 3.67. The van der Waals surface area contributed by atoms with Gasteiger partial charge in [-0.25, -0.2) is 0 Å². The van der Waals surface area contributed by atoms with Crippen LogP contribution < -0.4 is 5.32 Å². The summed E-state index contributed by atoms with van der Waals surface area (Å²) in [6.45, 7) is 4.01. The van der Waals surface area contributed by atoms with E-state index in [0.717, 1.165) is 13.1 Å². The van der Waals surface area contributed by atoms with Crippen molar-refractivity contribution in [3.05, 3.63) is 78.6 Å². The number of aromatic nitrogens is 1. The molecule has 0 saturated heterocycles. The first-order valence-corrected chi connectivity index (χ1v) is 7.40. The van der Waals surface area contributed by atoms with Crippen molar-refractivity contribution in [3.8, 4) is 11.1 Å². The van der Waals surface area contributed by atoms with Gasteiger partial charge in [0.25, 0.3) is 0 Å². The van der Waals surface area contributed by atoms with Gasteiger partial charge in [-0.2, -0.15) is 0 Å². The van der Waals surface area contributed by atoms with Crippen LogP contribution in [0.3, 0.4) is 0 Å². The molecule has 0 saturated carbocycles. The van der Waals surface area contributed by atoms with Crippen LogP contribution in [0.4, 0.5) is 5.69 Å². The van der Waals surface area contributed by atoms with Crippen LogP contribution in [0.25, 0.3) is 11.1 Å². The van der Waals surface area contributed by atoms with Crippen molar-refractivity contribution >= 4 is 5.69 Å². The molecule has 3 aromatic rings. The van der Waals surface area contributed by atoms with Gasteiger partial charge < -0.3 is 9.88 Å². The highest BCUT2D eigenvalue weighted by Gasteiger charge is 2.04. The standard InChI is InChI=1S/C19H20N2/c1-2-21-13-12-16(15-21)14-20-19-11-7-6-10-18(19)17-8-4-3-5-9-17/h3-13,15,20H,2,14H2,1H3. The highest BCUT2D eigenvalue weighted by atomic mass is 14.9. The fourth-order valence-corrected chi connectivity index (χ4v) is 2.50. The Morgan fingerprint density at radius 3 is 2.43 bits per heavy atom. The molecule has 0 fully saturated rings. The fraction of sp³-hybridized carbons (Fsp3) is 0.158. The van der Waals surface area contributed by atoms with Crippen molar-refractivity contribution in [2.45, 2.75) is 20.0 Å². The third-order valence-corrected chi connectivity index (χ3v) is 3.67. The first-order chi connectivity index (χ1) is 10.4. The van der Waals surface area contributed by atoms with Gasteiger partial charge in [-0.15, -0.1) is 0 Å². The molecule has 0 spiro atoms. The number of hydrogen-bond donors (Lipinski definition) is 1. The molecule has 0 aliphatic rings. The topological polar surface area (TPSA) is 17.0 Å². The summed E-state index contributed by atoms with van der Waals surface area (Å²) in [5.41, 5.74) is 4.97. The molecule has 0 bridgehead atoms. The fourth-order valence-electron chi connectivity index (χ4n) is 2.50.